The van der Waals surface area contributed by atoms with E-state index in [0.29, 0.717) is 0 Å². The zero-order chi connectivity index (χ0) is 65.5. The Morgan fingerprint density at radius 3 is 0.404 bits per heavy atom. The molecule has 15 rings (SSSR count). The van der Waals surface area contributed by atoms with Crippen molar-refractivity contribution in [2.45, 2.75) is 0 Å². The molecule has 0 unspecified atom stereocenters. The third-order valence-electron chi connectivity index (χ3n) is 14.4. The minimum Gasteiger partial charge on any atom is -0.254 e. The minimum atomic E-state index is -4.94. The van der Waals surface area contributed by atoms with Crippen LogP contribution in [0.3, 0.4) is 0 Å². The summed E-state index contributed by atoms with van der Waals surface area (Å²) in [5, 5.41) is 6.77. The number of benzene rings is 9. The number of pyridine rings is 6. The fourth-order valence-electron chi connectivity index (χ4n) is 10.7. The van der Waals surface area contributed by atoms with Crippen LogP contribution in [0.5, 0.6) is 0 Å². The zero-order valence-corrected chi connectivity index (χ0v) is 52.8. The summed E-state index contributed by atoms with van der Waals surface area (Å²) in [7, 11) is -14.8. The molecule has 0 aliphatic carbocycles. The molecule has 94 heavy (non-hydrogen) atoms. The Kier molecular flexibility index (Phi) is 23.0. The first-order valence-electron chi connectivity index (χ1n) is 27.9. The molecule has 0 aliphatic rings. The molecule has 9 aromatic carbocycles. The average molecular weight is 1400 g/mol. The zero-order valence-electron chi connectivity index (χ0n) is 48.8. The van der Waals surface area contributed by atoms with Crippen molar-refractivity contribution < 1.29 is 106 Å². The van der Waals surface area contributed by atoms with E-state index >= 15 is 0 Å². The van der Waals surface area contributed by atoms with Crippen LogP contribution in [0.2, 0.25) is 0 Å². The first-order chi connectivity index (χ1) is 44.7. The standard InChI is InChI=1S/3C24H16N2.3ClHO4.Ru/c3*1-3-7-17(8-4-1)19-13-15-25-23-21(19)11-12-22-20(14-16-26-24(22)23)18-9-5-2-6-10-18;3*2-1(3,4)5;/h3*1-16H;3*(H,2,3,4,5);/q;;;;;;+3/p-3. The van der Waals surface area contributed by atoms with Gasteiger partial charge in [0.1, 0.15) is 0 Å². The van der Waals surface area contributed by atoms with Gasteiger partial charge < -0.3 is 0 Å². The van der Waals surface area contributed by atoms with Gasteiger partial charge in [-0.05, 0) is 103 Å². The first-order valence-corrected chi connectivity index (χ1v) is 31.6. The van der Waals surface area contributed by atoms with Gasteiger partial charge >= 0.3 is 19.5 Å². The van der Waals surface area contributed by atoms with Gasteiger partial charge in [-0.2, -0.15) is 0 Å². The van der Waals surface area contributed by atoms with Gasteiger partial charge in [-0.3, -0.25) is 29.9 Å². The summed E-state index contributed by atoms with van der Waals surface area (Å²) in [5.74, 6) is 0. The van der Waals surface area contributed by atoms with Gasteiger partial charge in [-0.25, -0.2) is 55.9 Å². The molecule has 0 amide bonds. The van der Waals surface area contributed by atoms with Crippen molar-refractivity contribution in [3.8, 4) is 66.8 Å². The predicted octanol–water partition coefficient (Wildman–Crippen LogP) is 4.08. The van der Waals surface area contributed by atoms with E-state index < -0.39 is 30.7 Å². The van der Waals surface area contributed by atoms with Crippen LogP contribution < -0.4 is 55.9 Å². The third-order valence-corrected chi connectivity index (χ3v) is 14.4. The molecule has 0 aliphatic heterocycles. The molecule has 0 saturated heterocycles. The van der Waals surface area contributed by atoms with Crippen molar-refractivity contribution in [1.82, 2.24) is 29.9 Å². The van der Waals surface area contributed by atoms with Gasteiger partial charge in [0.05, 0.1) is 33.1 Å². The van der Waals surface area contributed by atoms with Gasteiger partial charge in [0.15, 0.2) is 0 Å². The second-order valence-electron chi connectivity index (χ2n) is 20.1. The molecule has 22 heteroatoms. The molecule has 0 fully saturated rings. The van der Waals surface area contributed by atoms with Crippen LogP contribution in [-0.4, -0.2) is 29.9 Å². The summed E-state index contributed by atoms with van der Waals surface area (Å²) < 4.78 is 102. The van der Waals surface area contributed by atoms with Crippen molar-refractivity contribution in [3.63, 3.8) is 0 Å². The molecular formula is C72H48Cl3N6O12Ru. The number of rotatable bonds is 6. The van der Waals surface area contributed by atoms with Crippen LogP contribution >= 0.6 is 0 Å². The minimum absolute atomic E-state index is 0. The Hall–Kier alpha value is -9.55. The summed E-state index contributed by atoms with van der Waals surface area (Å²) in [6, 6.07) is 88.0. The van der Waals surface area contributed by atoms with E-state index in [0.717, 1.165) is 65.4 Å². The van der Waals surface area contributed by atoms with Crippen molar-refractivity contribution in [2.24, 2.45) is 0 Å². The van der Waals surface area contributed by atoms with Gasteiger partial charge in [-0.15, -0.1) is 30.7 Å². The van der Waals surface area contributed by atoms with Gasteiger partial charge in [0.2, 0.25) is 0 Å². The number of nitrogens with zero attached hydrogens (tertiary/aromatic N) is 6. The van der Waals surface area contributed by atoms with Crippen molar-refractivity contribution in [1.29, 1.82) is 0 Å². The molecule has 0 bridgehead atoms. The Balaban J connectivity index is 0.000000149. The molecule has 1 radical (unpaired) electrons. The molecule has 0 N–H and O–H groups in total. The number of halogens is 3. The van der Waals surface area contributed by atoms with Crippen LogP contribution in [0.15, 0.2) is 292 Å². The predicted molar refractivity (Wildman–Crippen MR) is 324 cm³/mol. The second kappa shape index (κ2) is 31.4. The maximum atomic E-state index is 8.49. The summed E-state index contributed by atoms with van der Waals surface area (Å²) in [6.07, 6.45) is 11.3. The van der Waals surface area contributed by atoms with Crippen LogP contribution in [0.1, 0.15) is 0 Å². The quantitative estimate of drug-likeness (QED) is 0.167. The molecule has 0 atom stereocenters. The second-order valence-corrected chi connectivity index (χ2v) is 22.3. The summed E-state index contributed by atoms with van der Waals surface area (Å²) in [4.78, 5) is 28.0. The fourth-order valence-corrected chi connectivity index (χ4v) is 10.7. The van der Waals surface area contributed by atoms with E-state index in [9.17, 15) is 0 Å². The van der Waals surface area contributed by atoms with Crippen molar-refractivity contribution in [3.05, 3.63) is 292 Å². The van der Waals surface area contributed by atoms with Crippen LogP contribution in [0.25, 0.3) is 132 Å². The normalized spacial score (nSPS) is 11.1. The van der Waals surface area contributed by atoms with Crippen molar-refractivity contribution >= 4 is 65.4 Å². The molecule has 0 saturated carbocycles. The van der Waals surface area contributed by atoms with Crippen LogP contribution in [-0.2, 0) is 19.5 Å². The van der Waals surface area contributed by atoms with Gasteiger partial charge in [0, 0.05) is 69.5 Å². The fraction of sp³-hybridized carbons (Fsp3) is 0. The van der Waals surface area contributed by atoms with Gasteiger partial charge in [0.25, 0.3) is 0 Å². The molecule has 6 aromatic heterocycles. The van der Waals surface area contributed by atoms with Crippen LogP contribution in [0.4, 0.5) is 0 Å². The van der Waals surface area contributed by atoms with E-state index in [1.165, 1.54) is 66.8 Å². The summed E-state index contributed by atoms with van der Waals surface area (Å²) >= 11 is 0. The maximum absolute atomic E-state index is 8.49. The molecule has 18 nitrogen and oxygen atoms in total. The summed E-state index contributed by atoms with van der Waals surface area (Å²) in [6.45, 7) is 0. The van der Waals surface area contributed by atoms with Crippen molar-refractivity contribution in [2.75, 3.05) is 0 Å². The Morgan fingerprint density at radius 1 is 0.170 bits per heavy atom. The molecule has 15 aromatic rings. The smallest absolute Gasteiger partial charge is 0.254 e. The van der Waals surface area contributed by atoms with E-state index in [1.54, 1.807) is 0 Å². The number of hydrogen-bond donors (Lipinski definition) is 0. The first kappa shape index (κ1) is 68.8. The topological polar surface area (TPSA) is 354 Å². The Morgan fingerprint density at radius 2 is 0.287 bits per heavy atom. The molecular weight excluding hydrogens is 1350 g/mol. The number of hydrogen-bond acceptors (Lipinski definition) is 18. The molecule has 0 spiro atoms. The van der Waals surface area contributed by atoms with E-state index in [-0.39, 0.29) is 19.5 Å². The number of aromatic nitrogens is 6. The van der Waals surface area contributed by atoms with E-state index in [2.05, 4.69) is 248 Å². The maximum Gasteiger partial charge on any atom is 3.00 e. The van der Waals surface area contributed by atoms with E-state index in [4.69, 9.17) is 55.9 Å². The molecule has 6 heterocycles. The average Bonchev–Trinajstić information content (AvgIpc) is 0.776. The Labute approximate surface area is 556 Å². The van der Waals surface area contributed by atoms with Crippen LogP contribution in [0, 0.1) is 30.7 Å². The Bertz CT molecular complexity index is 4170. The molecule has 467 valence electrons. The largest absolute Gasteiger partial charge is 3.00 e. The number of fused-ring (bicyclic) bond motifs is 9. The monoisotopic (exact) mass is 1400 g/mol. The van der Waals surface area contributed by atoms with Gasteiger partial charge in [-0.1, -0.05) is 218 Å². The summed E-state index contributed by atoms with van der Waals surface area (Å²) in [5.41, 5.74) is 19.9. The van der Waals surface area contributed by atoms with E-state index in [1.807, 2.05) is 73.6 Å². The third kappa shape index (κ3) is 18.2. The SMILES string of the molecule is [O-][Cl+3]([O-])([O-])[O-].[O-][Cl+3]([O-])([O-])[O-].[O-][Cl+3]([O-])([O-])[O-].[Ru+3].c1ccc(-c2ccnc3c2ccc2c(-c4ccccc4)ccnc23)cc1.c1ccc(-c2ccnc3c2ccc2c(-c4ccccc4)ccnc23)cc1.c1ccc(-c2ccnc3c2ccc2c(-c4ccccc4)ccnc23)cc1.